The van der Waals surface area contributed by atoms with Crippen LogP contribution in [0.15, 0.2) is 54.6 Å². The van der Waals surface area contributed by atoms with Crippen LogP contribution < -0.4 is 10.1 Å². The minimum absolute atomic E-state index is 0.564. The number of fused-ring (bicyclic) bond motifs is 1. The molecule has 19 heavy (non-hydrogen) atoms. The Bertz CT molecular complexity index is 524. The Labute approximate surface area is 114 Å². The lowest BCUT2D eigenvalue weighted by Gasteiger charge is -2.26. The van der Waals surface area contributed by atoms with Gasteiger partial charge in [-0.1, -0.05) is 48.5 Å². The Hall–Kier alpha value is -1.80. The van der Waals surface area contributed by atoms with Crippen molar-refractivity contribution in [1.82, 2.24) is 5.32 Å². The van der Waals surface area contributed by atoms with E-state index in [9.17, 15) is 0 Å². The van der Waals surface area contributed by atoms with Crippen LogP contribution >= 0.6 is 0 Å². The average Bonchev–Trinajstić information content (AvgIpc) is 2.49. The van der Waals surface area contributed by atoms with Crippen molar-refractivity contribution in [1.29, 1.82) is 0 Å². The number of nitrogens with one attached hydrogen (secondary N) is 1. The Kier molecular flexibility index (Phi) is 3.80. The van der Waals surface area contributed by atoms with Crippen LogP contribution in [0.25, 0.3) is 0 Å². The maximum Gasteiger partial charge on any atom is 0.122 e. The largest absolute Gasteiger partial charge is 0.493 e. The number of hydrogen-bond acceptors (Lipinski definition) is 2. The molecule has 0 saturated heterocycles. The second-order valence-corrected chi connectivity index (χ2v) is 4.99. The van der Waals surface area contributed by atoms with Gasteiger partial charge in [-0.2, -0.15) is 0 Å². The van der Waals surface area contributed by atoms with Crippen LogP contribution in [0, 0.1) is 0 Å². The Morgan fingerprint density at radius 1 is 1.00 bits per heavy atom. The normalized spacial score (nSPS) is 17.6. The summed E-state index contributed by atoms with van der Waals surface area (Å²) in [4.78, 5) is 0. The van der Waals surface area contributed by atoms with Gasteiger partial charge in [-0.05, 0) is 23.6 Å². The van der Waals surface area contributed by atoms with Crippen molar-refractivity contribution in [2.24, 2.45) is 0 Å². The number of para-hydroxylation sites is 1. The lowest BCUT2D eigenvalue weighted by molar-refractivity contribution is 0.264. The van der Waals surface area contributed by atoms with Gasteiger partial charge in [-0.25, -0.2) is 0 Å². The molecule has 2 heteroatoms. The minimum Gasteiger partial charge on any atom is -0.493 e. The van der Waals surface area contributed by atoms with E-state index in [0.29, 0.717) is 5.92 Å². The molecule has 0 radical (unpaired) electrons. The van der Waals surface area contributed by atoms with Gasteiger partial charge in [0.25, 0.3) is 0 Å². The average molecular weight is 253 g/mol. The molecule has 0 aliphatic carbocycles. The van der Waals surface area contributed by atoms with Crippen LogP contribution in [0.3, 0.4) is 0 Å². The fourth-order valence-electron chi connectivity index (χ4n) is 2.61. The molecule has 2 nitrogen and oxygen atoms in total. The van der Waals surface area contributed by atoms with Crippen molar-refractivity contribution in [3.8, 4) is 5.75 Å². The molecule has 1 unspecified atom stereocenters. The number of hydrogen-bond donors (Lipinski definition) is 1. The molecule has 0 amide bonds. The van der Waals surface area contributed by atoms with E-state index in [1.165, 1.54) is 11.1 Å². The summed E-state index contributed by atoms with van der Waals surface area (Å²) in [7, 11) is 0. The lowest BCUT2D eigenvalue weighted by atomic mass is 9.93. The van der Waals surface area contributed by atoms with E-state index in [-0.39, 0.29) is 0 Å². The number of rotatable bonds is 4. The molecule has 3 rings (SSSR count). The van der Waals surface area contributed by atoms with E-state index in [0.717, 1.165) is 31.9 Å². The molecule has 0 bridgehead atoms. The molecule has 0 saturated carbocycles. The molecule has 2 aromatic rings. The predicted molar refractivity (Wildman–Crippen MR) is 77.4 cm³/mol. The zero-order chi connectivity index (χ0) is 12.9. The van der Waals surface area contributed by atoms with E-state index in [2.05, 4.69) is 53.8 Å². The maximum absolute atomic E-state index is 5.69. The van der Waals surface area contributed by atoms with Gasteiger partial charge in [0.1, 0.15) is 5.75 Å². The summed E-state index contributed by atoms with van der Waals surface area (Å²) < 4.78 is 5.69. The first-order valence-electron chi connectivity index (χ1n) is 6.90. The molecule has 2 aromatic carbocycles. The topological polar surface area (TPSA) is 21.3 Å². The third-order valence-corrected chi connectivity index (χ3v) is 3.65. The summed E-state index contributed by atoms with van der Waals surface area (Å²) in [5.74, 6) is 1.62. The zero-order valence-electron chi connectivity index (χ0n) is 11.0. The summed E-state index contributed by atoms with van der Waals surface area (Å²) in [6, 6.07) is 18.9. The quantitative estimate of drug-likeness (QED) is 0.902. The first-order chi connectivity index (χ1) is 9.43. The van der Waals surface area contributed by atoms with Gasteiger partial charge >= 0.3 is 0 Å². The number of ether oxygens (including phenoxy) is 1. The van der Waals surface area contributed by atoms with Crippen molar-refractivity contribution in [2.45, 2.75) is 18.9 Å². The van der Waals surface area contributed by atoms with Crippen molar-refractivity contribution >= 4 is 0 Å². The minimum atomic E-state index is 0.564. The van der Waals surface area contributed by atoms with Crippen LogP contribution in [0.2, 0.25) is 0 Å². The highest BCUT2D eigenvalue weighted by atomic mass is 16.5. The monoisotopic (exact) mass is 253 g/mol. The van der Waals surface area contributed by atoms with E-state index in [4.69, 9.17) is 4.74 Å². The molecule has 1 aliphatic heterocycles. The van der Waals surface area contributed by atoms with E-state index < -0.39 is 0 Å². The van der Waals surface area contributed by atoms with Gasteiger partial charge in [0, 0.05) is 19.0 Å². The molecule has 1 aliphatic rings. The molecule has 98 valence electrons. The van der Waals surface area contributed by atoms with Crippen LogP contribution in [0.4, 0.5) is 0 Å². The first kappa shape index (κ1) is 12.2. The molecular weight excluding hydrogens is 234 g/mol. The summed E-state index contributed by atoms with van der Waals surface area (Å²) in [6.07, 6.45) is 1.10. The SMILES string of the molecule is c1ccc(CNCC2CCOc3ccccc32)cc1. The third kappa shape index (κ3) is 2.96. The van der Waals surface area contributed by atoms with Gasteiger partial charge in [0.05, 0.1) is 6.61 Å². The highest BCUT2D eigenvalue weighted by Crippen LogP contribution is 2.32. The Morgan fingerprint density at radius 3 is 2.68 bits per heavy atom. The van der Waals surface area contributed by atoms with Gasteiger partial charge < -0.3 is 10.1 Å². The van der Waals surface area contributed by atoms with Gasteiger partial charge in [0.15, 0.2) is 0 Å². The van der Waals surface area contributed by atoms with Crippen molar-refractivity contribution in [2.75, 3.05) is 13.2 Å². The van der Waals surface area contributed by atoms with E-state index in [1.54, 1.807) is 0 Å². The van der Waals surface area contributed by atoms with Crippen LogP contribution in [-0.4, -0.2) is 13.2 Å². The van der Waals surface area contributed by atoms with Crippen LogP contribution in [0.1, 0.15) is 23.5 Å². The fourth-order valence-corrected chi connectivity index (χ4v) is 2.61. The number of benzene rings is 2. The van der Waals surface area contributed by atoms with E-state index in [1.807, 2.05) is 6.07 Å². The Morgan fingerprint density at radius 2 is 1.79 bits per heavy atom. The molecule has 0 aromatic heterocycles. The second kappa shape index (κ2) is 5.89. The van der Waals surface area contributed by atoms with Crippen molar-refractivity contribution in [3.63, 3.8) is 0 Å². The maximum atomic E-state index is 5.69. The van der Waals surface area contributed by atoms with Crippen LogP contribution in [0.5, 0.6) is 5.75 Å². The summed E-state index contributed by atoms with van der Waals surface area (Å²) in [6.45, 7) is 2.77. The molecule has 1 N–H and O–H groups in total. The Balaban J connectivity index is 1.59. The van der Waals surface area contributed by atoms with Crippen molar-refractivity contribution < 1.29 is 4.74 Å². The molecule has 1 atom stereocenters. The first-order valence-corrected chi connectivity index (χ1v) is 6.90. The molecular formula is C17H19NO. The zero-order valence-corrected chi connectivity index (χ0v) is 11.0. The van der Waals surface area contributed by atoms with E-state index >= 15 is 0 Å². The third-order valence-electron chi connectivity index (χ3n) is 3.65. The van der Waals surface area contributed by atoms with Gasteiger partial charge in [-0.15, -0.1) is 0 Å². The van der Waals surface area contributed by atoms with Gasteiger partial charge in [-0.3, -0.25) is 0 Å². The standard InChI is InChI=1S/C17H19NO/c1-2-6-14(7-3-1)12-18-13-15-10-11-19-17-9-5-4-8-16(15)17/h1-9,15,18H,10-13H2. The molecule has 0 fully saturated rings. The second-order valence-electron chi connectivity index (χ2n) is 4.99. The lowest BCUT2D eigenvalue weighted by Crippen LogP contribution is -2.25. The highest BCUT2D eigenvalue weighted by Gasteiger charge is 2.20. The summed E-state index contributed by atoms with van der Waals surface area (Å²) in [5.41, 5.74) is 2.68. The molecule has 1 heterocycles. The summed E-state index contributed by atoms with van der Waals surface area (Å²) in [5, 5.41) is 3.56. The predicted octanol–water partition coefficient (Wildman–Crippen LogP) is 3.34. The smallest absolute Gasteiger partial charge is 0.122 e. The highest BCUT2D eigenvalue weighted by molar-refractivity contribution is 5.37. The summed E-state index contributed by atoms with van der Waals surface area (Å²) >= 11 is 0. The fraction of sp³-hybridized carbons (Fsp3) is 0.294. The van der Waals surface area contributed by atoms with Crippen LogP contribution in [-0.2, 0) is 6.54 Å². The molecule has 0 spiro atoms. The van der Waals surface area contributed by atoms with Crippen molar-refractivity contribution in [3.05, 3.63) is 65.7 Å². The van der Waals surface area contributed by atoms with Gasteiger partial charge in [0.2, 0.25) is 0 Å².